The highest BCUT2D eigenvalue weighted by atomic mass is 16.6. The lowest BCUT2D eigenvalue weighted by Crippen LogP contribution is -2.28. The molecule has 0 aliphatic carbocycles. The van der Waals surface area contributed by atoms with Crippen LogP contribution in [-0.2, 0) is 11.2 Å². The first-order chi connectivity index (χ1) is 13.6. The fourth-order valence-electron chi connectivity index (χ4n) is 3.26. The van der Waals surface area contributed by atoms with Crippen LogP contribution in [0.1, 0.15) is 71.3 Å². The Bertz CT molecular complexity index is 709. The van der Waals surface area contributed by atoms with E-state index in [2.05, 4.69) is 29.4 Å². The van der Waals surface area contributed by atoms with Crippen LogP contribution in [0.4, 0.5) is 4.79 Å². The SMILES string of the molecule is CCCCCCCCCOc1ccc2[nH]cc(CCNC(=O)OC(C)C)c2c1. The van der Waals surface area contributed by atoms with Gasteiger partial charge in [-0.15, -0.1) is 0 Å². The number of nitrogens with one attached hydrogen (secondary N) is 2. The minimum atomic E-state index is -0.367. The number of hydrogen-bond acceptors (Lipinski definition) is 3. The molecule has 0 unspecified atom stereocenters. The molecule has 5 heteroatoms. The summed E-state index contributed by atoms with van der Waals surface area (Å²) in [4.78, 5) is 14.9. The van der Waals surface area contributed by atoms with Gasteiger partial charge in [0.25, 0.3) is 0 Å². The van der Waals surface area contributed by atoms with Crippen LogP contribution in [0.3, 0.4) is 0 Å². The number of fused-ring (bicyclic) bond motifs is 1. The predicted molar refractivity (Wildman–Crippen MR) is 115 cm³/mol. The Morgan fingerprint density at radius 1 is 1.11 bits per heavy atom. The summed E-state index contributed by atoms with van der Waals surface area (Å²) in [5, 5.41) is 3.94. The molecule has 1 amide bonds. The van der Waals surface area contributed by atoms with Crippen molar-refractivity contribution < 1.29 is 14.3 Å². The number of amides is 1. The largest absolute Gasteiger partial charge is 0.494 e. The third-order valence-corrected chi connectivity index (χ3v) is 4.76. The van der Waals surface area contributed by atoms with E-state index >= 15 is 0 Å². The zero-order valence-electron chi connectivity index (χ0n) is 17.7. The first-order valence-corrected chi connectivity index (χ1v) is 10.8. The van der Waals surface area contributed by atoms with Crippen molar-refractivity contribution >= 4 is 17.0 Å². The van der Waals surface area contributed by atoms with E-state index in [1.54, 1.807) is 0 Å². The first kappa shape index (κ1) is 22.1. The molecule has 0 fully saturated rings. The Labute approximate surface area is 169 Å². The zero-order chi connectivity index (χ0) is 20.2. The molecular formula is C23H36N2O3. The van der Waals surface area contributed by atoms with Gasteiger partial charge in [-0.2, -0.15) is 0 Å². The van der Waals surface area contributed by atoms with Crippen LogP contribution in [0, 0.1) is 0 Å². The lowest BCUT2D eigenvalue weighted by molar-refractivity contribution is 0.116. The molecule has 2 N–H and O–H groups in total. The summed E-state index contributed by atoms with van der Waals surface area (Å²) in [6, 6.07) is 6.16. The summed E-state index contributed by atoms with van der Waals surface area (Å²) in [6.45, 7) is 7.24. The van der Waals surface area contributed by atoms with Gasteiger partial charge in [0.1, 0.15) is 5.75 Å². The molecule has 2 rings (SSSR count). The van der Waals surface area contributed by atoms with E-state index in [9.17, 15) is 4.79 Å². The number of ether oxygens (including phenoxy) is 2. The second-order valence-corrected chi connectivity index (χ2v) is 7.62. The average molecular weight is 389 g/mol. The van der Waals surface area contributed by atoms with Crippen LogP contribution in [0.2, 0.25) is 0 Å². The first-order valence-electron chi connectivity index (χ1n) is 10.8. The molecule has 0 saturated heterocycles. The number of aromatic nitrogens is 1. The maximum Gasteiger partial charge on any atom is 0.407 e. The topological polar surface area (TPSA) is 63.3 Å². The van der Waals surface area contributed by atoms with E-state index < -0.39 is 0 Å². The van der Waals surface area contributed by atoms with Gasteiger partial charge < -0.3 is 19.8 Å². The Kier molecular flexibility index (Phi) is 9.73. The Hall–Kier alpha value is -2.17. The molecule has 1 aromatic carbocycles. The maximum absolute atomic E-state index is 11.6. The molecule has 28 heavy (non-hydrogen) atoms. The second-order valence-electron chi connectivity index (χ2n) is 7.62. The summed E-state index contributed by atoms with van der Waals surface area (Å²) in [6.07, 6.45) is 11.3. The molecule has 0 aliphatic rings. The number of aromatic amines is 1. The molecule has 0 saturated carbocycles. The fraction of sp³-hybridized carbons (Fsp3) is 0.609. The smallest absolute Gasteiger partial charge is 0.407 e. The van der Waals surface area contributed by atoms with Crippen molar-refractivity contribution in [2.45, 2.75) is 78.2 Å². The van der Waals surface area contributed by atoms with Crippen LogP contribution < -0.4 is 10.1 Å². The standard InChI is InChI=1S/C23H36N2O3/c1-4-5-6-7-8-9-10-15-27-20-11-12-22-21(16-20)19(17-25-22)13-14-24-23(26)28-18(2)3/h11-12,16-18,25H,4-10,13-15H2,1-3H3,(H,24,26). The monoisotopic (exact) mass is 388 g/mol. The van der Waals surface area contributed by atoms with E-state index in [0.29, 0.717) is 6.54 Å². The third kappa shape index (κ3) is 7.83. The lowest BCUT2D eigenvalue weighted by atomic mass is 10.1. The number of benzene rings is 1. The van der Waals surface area contributed by atoms with Crippen LogP contribution in [0.25, 0.3) is 10.9 Å². The van der Waals surface area contributed by atoms with Crippen molar-refractivity contribution in [2.75, 3.05) is 13.2 Å². The highest BCUT2D eigenvalue weighted by Gasteiger charge is 2.08. The molecule has 1 heterocycles. The number of alkyl carbamates (subject to hydrolysis) is 1. The van der Waals surface area contributed by atoms with Gasteiger partial charge in [0.15, 0.2) is 0 Å². The highest BCUT2D eigenvalue weighted by Crippen LogP contribution is 2.24. The van der Waals surface area contributed by atoms with E-state index in [1.165, 1.54) is 44.1 Å². The average Bonchev–Trinajstić information content (AvgIpc) is 3.06. The quantitative estimate of drug-likeness (QED) is 0.415. The molecule has 156 valence electrons. The Balaban J connectivity index is 1.75. The minimum Gasteiger partial charge on any atom is -0.494 e. The van der Waals surface area contributed by atoms with Gasteiger partial charge in [-0.1, -0.05) is 45.4 Å². The maximum atomic E-state index is 11.6. The molecule has 0 radical (unpaired) electrons. The van der Waals surface area contributed by atoms with Gasteiger partial charge in [-0.05, 0) is 50.5 Å². The van der Waals surface area contributed by atoms with E-state index in [1.807, 2.05) is 26.1 Å². The van der Waals surface area contributed by atoms with Gasteiger partial charge in [0, 0.05) is 23.6 Å². The summed E-state index contributed by atoms with van der Waals surface area (Å²) in [7, 11) is 0. The number of hydrogen-bond donors (Lipinski definition) is 2. The lowest BCUT2D eigenvalue weighted by Gasteiger charge is -2.09. The van der Waals surface area contributed by atoms with Gasteiger partial charge in [0.05, 0.1) is 12.7 Å². The van der Waals surface area contributed by atoms with Crippen molar-refractivity contribution in [2.24, 2.45) is 0 Å². The van der Waals surface area contributed by atoms with Gasteiger partial charge in [-0.25, -0.2) is 4.79 Å². The molecule has 5 nitrogen and oxygen atoms in total. The number of rotatable bonds is 13. The second kappa shape index (κ2) is 12.3. The molecule has 0 aliphatic heterocycles. The number of H-pyrrole nitrogens is 1. The molecule has 0 spiro atoms. The fourth-order valence-corrected chi connectivity index (χ4v) is 3.26. The number of carbonyl (C=O) groups is 1. The van der Waals surface area contributed by atoms with Crippen molar-refractivity contribution in [3.63, 3.8) is 0 Å². The van der Waals surface area contributed by atoms with Crippen molar-refractivity contribution in [1.29, 1.82) is 0 Å². The van der Waals surface area contributed by atoms with Crippen molar-refractivity contribution in [3.8, 4) is 5.75 Å². The predicted octanol–water partition coefficient (Wildman–Crippen LogP) is 5.97. The van der Waals surface area contributed by atoms with Crippen molar-refractivity contribution in [3.05, 3.63) is 30.0 Å². The molecule has 0 bridgehead atoms. The Morgan fingerprint density at radius 3 is 2.61 bits per heavy atom. The van der Waals surface area contributed by atoms with Gasteiger partial charge >= 0.3 is 6.09 Å². The van der Waals surface area contributed by atoms with Crippen LogP contribution in [-0.4, -0.2) is 30.3 Å². The molecular weight excluding hydrogens is 352 g/mol. The van der Waals surface area contributed by atoms with Crippen LogP contribution in [0.5, 0.6) is 5.75 Å². The van der Waals surface area contributed by atoms with Crippen molar-refractivity contribution in [1.82, 2.24) is 10.3 Å². The summed E-state index contributed by atoms with van der Waals surface area (Å²) in [5.74, 6) is 0.909. The number of carbonyl (C=O) groups excluding carboxylic acids is 1. The van der Waals surface area contributed by atoms with Crippen LogP contribution in [0.15, 0.2) is 24.4 Å². The zero-order valence-corrected chi connectivity index (χ0v) is 17.7. The van der Waals surface area contributed by atoms with E-state index in [-0.39, 0.29) is 12.2 Å². The normalized spacial score (nSPS) is 11.1. The molecule has 1 aromatic heterocycles. The van der Waals surface area contributed by atoms with E-state index in [4.69, 9.17) is 9.47 Å². The van der Waals surface area contributed by atoms with Gasteiger partial charge in [-0.3, -0.25) is 0 Å². The summed E-state index contributed by atoms with van der Waals surface area (Å²) < 4.78 is 11.0. The van der Waals surface area contributed by atoms with Gasteiger partial charge in [0.2, 0.25) is 0 Å². The number of unbranched alkanes of at least 4 members (excludes halogenated alkanes) is 6. The van der Waals surface area contributed by atoms with E-state index in [0.717, 1.165) is 36.1 Å². The highest BCUT2D eigenvalue weighted by molar-refractivity contribution is 5.84. The third-order valence-electron chi connectivity index (χ3n) is 4.76. The minimum absolute atomic E-state index is 0.107. The molecule has 2 aromatic rings. The molecule has 0 atom stereocenters. The Morgan fingerprint density at radius 2 is 1.86 bits per heavy atom. The van der Waals surface area contributed by atoms with Crippen LogP contribution >= 0.6 is 0 Å². The summed E-state index contributed by atoms with van der Waals surface area (Å²) in [5.41, 5.74) is 2.25. The summed E-state index contributed by atoms with van der Waals surface area (Å²) >= 11 is 0.